The molecule has 0 amide bonds. The zero-order valence-electron chi connectivity index (χ0n) is 18.5. The van der Waals surface area contributed by atoms with Crippen LogP contribution in [0.25, 0.3) is 11.3 Å². The Morgan fingerprint density at radius 2 is 1.31 bits per heavy atom. The molecule has 4 aromatic rings. The molecule has 4 aromatic carbocycles. The fraction of sp³-hybridized carbons (Fsp3) is 0.0357. The minimum Gasteiger partial charge on any atom is -0.457 e. The Balaban J connectivity index is 1.32. The smallest absolute Gasteiger partial charge is 0.192 e. The third kappa shape index (κ3) is 5.31. The number of benzene rings is 4. The summed E-state index contributed by atoms with van der Waals surface area (Å²) in [6.45, 7) is 0.444. The van der Waals surface area contributed by atoms with Gasteiger partial charge in [0.05, 0.1) is 12.2 Å². The topological polar surface area (TPSA) is 36.5 Å². The highest BCUT2D eigenvalue weighted by atomic mass is 32.1. The lowest BCUT2D eigenvalue weighted by molar-refractivity contribution is 0.440. The van der Waals surface area contributed by atoms with Crippen molar-refractivity contribution in [2.45, 2.75) is 0 Å². The molecule has 35 heavy (non-hydrogen) atoms. The molecule has 0 fully saturated rings. The summed E-state index contributed by atoms with van der Waals surface area (Å²) in [6.07, 6.45) is 0. The Morgan fingerprint density at radius 1 is 0.743 bits per heavy atom. The van der Waals surface area contributed by atoms with Gasteiger partial charge in [-0.25, -0.2) is 8.78 Å². The predicted octanol–water partition coefficient (Wildman–Crippen LogP) is 6.84. The van der Waals surface area contributed by atoms with Gasteiger partial charge in [-0.3, -0.25) is 10.4 Å². The van der Waals surface area contributed by atoms with Crippen molar-refractivity contribution in [3.63, 3.8) is 0 Å². The van der Waals surface area contributed by atoms with E-state index in [1.807, 2.05) is 54.6 Å². The molecule has 1 aliphatic heterocycles. The minimum atomic E-state index is -0.315. The summed E-state index contributed by atoms with van der Waals surface area (Å²) in [5.41, 5.74) is 7.49. The van der Waals surface area contributed by atoms with Gasteiger partial charge in [-0.1, -0.05) is 30.3 Å². The number of rotatable bonds is 5. The number of hydrogen-bond donors (Lipinski definition) is 2. The first-order valence-corrected chi connectivity index (χ1v) is 11.4. The zero-order chi connectivity index (χ0) is 24.2. The van der Waals surface area contributed by atoms with Gasteiger partial charge in [0.2, 0.25) is 0 Å². The van der Waals surface area contributed by atoms with Gasteiger partial charge >= 0.3 is 0 Å². The summed E-state index contributed by atoms with van der Waals surface area (Å²) >= 11 is 5.66. The molecule has 0 bridgehead atoms. The van der Waals surface area contributed by atoms with E-state index in [-0.39, 0.29) is 11.6 Å². The standard InChI is InChI=1S/C28H21F2N3OS/c29-21-10-6-19(7-11-21)26-18-33(32-27(26)20-8-12-22(30)13-9-20)28(35)31-23-14-16-25(17-15-23)34-24-4-2-1-3-5-24/h1-17,32H,18H2,(H,31,35). The molecular weight excluding hydrogens is 464 g/mol. The molecule has 0 spiro atoms. The third-order valence-electron chi connectivity index (χ3n) is 5.52. The second kappa shape index (κ2) is 9.95. The number of anilines is 1. The van der Waals surface area contributed by atoms with Crippen molar-refractivity contribution in [1.82, 2.24) is 10.4 Å². The maximum absolute atomic E-state index is 13.5. The Hall–Kier alpha value is -4.23. The fourth-order valence-electron chi connectivity index (χ4n) is 3.77. The van der Waals surface area contributed by atoms with Crippen LogP contribution >= 0.6 is 12.2 Å². The van der Waals surface area contributed by atoms with Crippen LogP contribution in [-0.4, -0.2) is 16.7 Å². The van der Waals surface area contributed by atoms with Crippen LogP contribution in [-0.2, 0) is 0 Å². The van der Waals surface area contributed by atoms with Crippen LogP contribution in [0, 0.1) is 11.6 Å². The van der Waals surface area contributed by atoms with E-state index in [9.17, 15) is 8.78 Å². The summed E-state index contributed by atoms with van der Waals surface area (Å²) in [5.74, 6) is 0.852. The van der Waals surface area contributed by atoms with E-state index in [1.165, 1.54) is 24.3 Å². The van der Waals surface area contributed by atoms with Gasteiger partial charge in [-0.2, -0.15) is 0 Å². The number of ether oxygens (including phenoxy) is 1. The zero-order valence-corrected chi connectivity index (χ0v) is 19.4. The highest BCUT2D eigenvalue weighted by Crippen LogP contribution is 2.31. The molecule has 1 heterocycles. The number of para-hydroxylation sites is 1. The van der Waals surface area contributed by atoms with Crippen LogP contribution < -0.4 is 15.5 Å². The lowest BCUT2D eigenvalue weighted by atomic mass is 10.0. The molecule has 174 valence electrons. The minimum absolute atomic E-state index is 0.308. The number of nitrogens with one attached hydrogen (secondary N) is 2. The van der Waals surface area contributed by atoms with Crippen molar-refractivity contribution in [3.05, 3.63) is 126 Å². The number of hydrazine groups is 1. The number of halogens is 2. The summed E-state index contributed by atoms with van der Waals surface area (Å²) in [6, 6.07) is 29.6. The second-order valence-corrected chi connectivity index (χ2v) is 8.32. The van der Waals surface area contributed by atoms with Crippen molar-refractivity contribution in [1.29, 1.82) is 0 Å². The van der Waals surface area contributed by atoms with Gasteiger partial charge in [0.25, 0.3) is 0 Å². The quantitative estimate of drug-likeness (QED) is 0.303. The molecule has 2 N–H and O–H groups in total. The molecule has 0 saturated carbocycles. The van der Waals surface area contributed by atoms with Crippen molar-refractivity contribution in [2.24, 2.45) is 0 Å². The van der Waals surface area contributed by atoms with E-state index in [4.69, 9.17) is 17.0 Å². The molecular formula is C28H21F2N3OS. The average molecular weight is 486 g/mol. The lowest BCUT2D eigenvalue weighted by Gasteiger charge is -2.22. The van der Waals surface area contributed by atoms with Crippen molar-refractivity contribution in [2.75, 3.05) is 11.9 Å². The molecule has 1 aliphatic rings. The summed E-state index contributed by atoms with van der Waals surface area (Å²) < 4.78 is 32.9. The molecule has 5 rings (SSSR count). The summed E-state index contributed by atoms with van der Waals surface area (Å²) in [4.78, 5) is 0. The van der Waals surface area contributed by atoms with Gasteiger partial charge < -0.3 is 10.1 Å². The lowest BCUT2D eigenvalue weighted by Crippen LogP contribution is -2.40. The van der Waals surface area contributed by atoms with Crippen LogP contribution in [0.15, 0.2) is 103 Å². The maximum Gasteiger partial charge on any atom is 0.192 e. The molecule has 0 atom stereocenters. The van der Waals surface area contributed by atoms with Crippen LogP contribution in [0.4, 0.5) is 14.5 Å². The van der Waals surface area contributed by atoms with E-state index in [2.05, 4.69) is 10.7 Å². The predicted molar refractivity (Wildman–Crippen MR) is 139 cm³/mol. The Kier molecular flexibility index (Phi) is 6.41. The highest BCUT2D eigenvalue weighted by Gasteiger charge is 2.26. The van der Waals surface area contributed by atoms with Crippen LogP contribution in [0.1, 0.15) is 11.1 Å². The fourth-order valence-corrected chi connectivity index (χ4v) is 3.99. The van der Waals surface area contributed by atoms with E-state index < -0.39 is 0 Å². The van der Waals surface area contributed by atoms with E-state index in [0.717, 1.165) is 33.8 Å². The summed E-state index contributed by atoms with van der Waals surface area (Å²) in [7, 11) is 0. The highest BCUT2D eigenvalue weighted by molar-refractivity contribution is 7.80. The average Bonchev–Trinajstić information content (AvgIpc) is 3.32. The van der Waals surface area contributed by atoms with E-state index >= 15 is 0 Å². The molecule has 0 aromatic heterocycles. The van der Waals surface area contributed by atoms with E-state index in [1.54, 1.807) is 29.3 Å². The first-order chi connectivity index (χ1) is 17.0. The second-order valence-electron chi connectivity index (χ2n) is 7.93. The first kappa shape index (κ1) is 22.6. The molecule has 0 radical (unpaired) electrons. The molecule has 4 nitrogen and oxygen atoms in total. The molecule has 0 unspecified atom stereocenters. The maximum atomic E-state index is 13.5. The van der Waals surface area contributed by atoms with Gasteiger partial charge in [-0.15, -0.1) is 0 Å². The normalized spacial score (nSPS) is 12.9. The van der Waals surface area contributed by atoms with Gasteiger partial charge in [0, 0.05) is 11.3 Å². The van der Waals surface area contributed by atoms with Gasteiger partial charge in [0.1, 0.15) is 23.1 Å². The van der Waals surface area contributed by atoms with Gasteiger partial charge in [0.15, 0.2) is 5.11 Å². The first-order valence-electron chi connectivity index (χ1n) is 11.0. The molecule has 0 aliphatic carbocycles. The molecule has 7 heteroatoms. The largest absolute Gasteiger partial charge is 0.457 e. The number of nitrogens with zero attached hydrogens (tertiary/aromatic N) is 1. The van der Waals surface area contributed by atoms with Crippen molar-refractivity contribution >= 4 is 34.3 Å². The van der Waals surface area contributed by atoms with Crippen molar-refractivity contribution in [3.8, 4) is 11.5 Å². The van der Waals surface area contributed by atoms with Crippen molar-refractivity contribution < 1.29 is 13.5 Å². The Labute approximate surface area is 207 Å². The van der Waals surface area contributed by atoms with Gasteiger partial charge in [-0.05, 0) is 96.1 Å². The summed E-state index contributed by atoms with van der Waals surface area (Å²) in [5, 5.41) is 5.48. The van der Waals surface area contributed by atoms with Crippen LogP contribution in [0.2, 0.25) is 0 Å². The SMILES string of the molecule is Fc1ccc(C2=C(c3ccc(F)cc3)NN(C(=S)Nc3ccc(Oc4ccccc4)cc3)C2)cc1. The van der Waals surface area contributed by atoms with Crippen LogP contribution in [0.5, 0.6) is 11.5 Å². The third-order valence-corrected chi connectivity index (χ3v) is 5.84. The Morgan fingerprint density at radius 3 is 1.94 bits per heavy atom. The monoisotopic (exact) mass is 485 g/mol. The number of thiocarbonyl (C=S) groups is 1. The Bertz CT molecular complexity index is 1300. The molecule has 0 saturated heterocycles. The number of hydrogen-bond acceptors (Lipinski definition) is 3. The van der Waals surface area contributed by atoms with E-state index in [0.29, 0.717) is 17.4 Å². The van der Waals surface area contributed by atoms with Crippen LogP contribution in [0.3, 0.4) is 0 Å².